The molecule has 120 valence electrons. The van der Waals surface area contributed by atoms with Gasteiger partial charge < -0.3 is 15.2 Å². The van der Waals surface area contributed by atoms with Crippen molar-refractivity contribution in [3.05, 3.63) is 35.4 Å². The third-order valence-electron chi connectivity index (χ3n) is 3.76. The maximum absolute atomic E-state index is 13.1. The smallest absolute Gasteiger partial charge is 0.308 e. The molecule has 1 amide bonds. The van der Waals surface area contributed by atoms with Gasteiger partial charge >= 0.3 is 5.97 Å². The number of carboxylic acid groups (broad SMARTS) is 1. The predicted octanol–water partition coefficient (Wildman–Crippen LogP) is 1.82. The summed E-state index contributed by atoms with van der Waals surface area (Å²) < 4.78 is 31.3. The van der Waals surface area contributed by atoms with Crippen LogP contribution in [0.5, 0.6) is 0 Å². The van der Waals surface area contributed by atoms with E-state index in [4.69, 9.17) is 4.74 Å². The number of benzene rings is 1. The summed E-state index contributed by atoms with van der Waals surface area (Å²) >= 11 is 0. The zero-order valence-electron chi connectivity index (χ0n) is 11.9. The lowest BCUT2D eigenvalue weighted by Crippen LogP contribution is -2.39. The van der Waals surface area contributed by atoms with Crippen molar-refractivity contribution in [1.29, 1.82) is 0 Å². The van der Waals surface area contributed by atoms with E-state index in [2.05, 4.69) is 5.32 Å². The molecule has 1 aromatic carbocycles. The van der Waals surface area contributed by atoms with Gasteiger partial charge in [-0.05, 0) is 30.9 Å². The number of amides is 1. The monoisotopic (exact) mass is 313 g/mol. The van der Waals surface area contributed by atoms with Crippen molar-refractivity contribution in [2.24, 2.45) is 11.8 Å². The number of rotatable bonds is 5. The largest absolute Gasteiger partial charge is 0.481 e. The zero-order chi connectivity index (χ0) is 16.1. The molecule has 5 nitrogen and oxygen atoms in total. The quantitative estimate of drug-likeness (QED) is 0.869. The highest BCUT2D eigenvalue weighted by atomic mass is 19.1. The molecular weight excluding hydrogens is 296 g/mol. The average Bonchev–Trinajstić information content (AvgIpc) is 2.47. The fourth-order valence-electron chi connectivity index (χ4n) is 2.56. The lowest BCUT2D eigenvalue weighted by molar-refractivity contribution is -0.144. The van der Waals surface area contributed by atoms with Crippen LogP contribution in [0.4, 0.5) is 8.78 Å². The predicted molar refractivity (Wildman–Crippen MR) is 73.4 cm³/mol. The van der Waals surface area contributed by atoms with E-state index in [0.29, 0.717) is 32.1 Å². The van der Waals surface area contributed by atoms with Crippen molar-refractivity contribution >= 4 is 11.9 Å². The van der Waals surface area contributed by atoms with Gasteiger partial charge in [0.15, 0.2) is 0 Å². The van der Waals surface area contributed by atoms with Gasteiger partial charge in [0.25, 0.3) is 5.91 Å². The minimum atomic E-state index is -1.00. The first-order valence-corrected chi connectivity index (χ1v) is 7.02. The van der Waals surface area contributed by atoms with E-state index in [-0.39, 0.29) is 18.0 Å². The van der Waals surface area contributed by atoms with Crippen molar-refractivity contribution in [2.75, 3.05) is 19.8 Å². The molecule has 1 saturated heterocycles. The number of carboxylic acids is 1. The molecule has 1 aliphatic rings. The fraction of sp³-hybridized carbons (Fsp3) is 0.467. The van der Waals surface area contributed by atoms with Gasteiger partial charge in [0, 0.05) is 31.4 Å². The van der Waals surface area contributed by atoms with Gasteiger partial charge in [0.1, 0.15) is 11.6 Å². The van der Waals surface area contributed by atoms with Crippen LogP contribution in [0.25, 0.3) is 0 Å². The molecular formula is C15H17F2NO4. The van der Waals surface area contributed by atoms with E-state index < -0.39 is 29.4 Å². The van der Waals surface area contributed by atoms with Crippen LogP contribution in [0.2, 0.25) is 0 Å². The van der Waals surface area contributed by atoms with Crippen LogP contribution in [-0.2, 0) is 9.53 Å². The molecule has 1 aromatic rings. The summed E-state index contributed by atoms with van der Waals surface area (Å²) in [6.07, 6.45) is 1.23. The number of ether oxygens (including phenoxy) is 1. The average molecular weight is 313 g/mol. The molecule has 1 unspecified atom stereocenters. The lowest BCUT2D eigenvalue weighted by Gasteiger charge is -2.27. The molecule has 0 aromatic heterocycles. The SMILES string of the molecule is O=C(NCC(C(=O)O)C1CCOCC1)c1cc(F)cc(F)c1. The third-order valence-corrected chi connectivity index (χ3v) is 3.76. The second-order valence-corrected chi connectivity index (χ2v) is 5.26. The molecule has 0 saturated carbocycles. The van der Waals surface area contributed by atoms with Gasteiger partial charge in [-0.3, -0.25) is 9.59 Å². The fourth-order valence-corrected chi connectivity index (χ4v) is 2.56. The Morgan fingerprint density at radius 3 is 2.36 bits per heavy atom. The molecule has 2 rings (SSSR count). The van der Waals surface area contributed by atoms with Crippen LogP contribution in [0, 0.1) is 23.5 Å². The molecule has 1 heterocycles. The maximum Gasteiger partial charge on any atom is 0.308 e. The lowest BCUT2D eigenvalue weighted by atomic mass is 9.86. The minimum Gasteiger partial charge on any atom is -0.481 e. The van der Waals surface area contributed by atoms with Crippen LogP contribution in [0.3, 0.4) is 0 Å². The van der Waals surface area contributed by atoms with E-state index in [9.17, 15) is 23.5 Å². The third kappa shape index (κ3) is 4.24. The molecule has 1 fully saturated rings. The summed E-state index contributed by atoms with van der Waals surface area (Å²) in [5.74, 6) is -4.25. The standard InChI is InChI=1S/C15H17F2NO4/c16-11-5-10(6-12(17)7-11)14(19)18-8-13(15(20)21)9-1-3-22-4-2-9/h5-7,9,13H,1-4,8H2,(H,18,19)(H,20,21). The van der Waals surface area contributed by atoms with E-state index in [0.717, 1.165) is 12.1 Å². The maximum atomic E-state index is 13.1. The number of halogens is 2. The van der Waals surface area contributed by atoms with Crippen LogP contribution in [0.1, 0.15) is 23.2 Å². The van der Waals surface area contributed by atoms with E-state index >= 15 is 0 Å². The van der Waals surface area contributed by atoms with Gasteiger partial charge in [-0.1, -0.05) is 0 Å². The molecule has 0 bridgehead atoms. The first kappa shape index (κ1) is 16.4. The second-order valence-electron chi connectivity index (χ2n) is 5.26. The van der Waals surface area contributed by atoms with E-state index in [1.54, 1.807) is 0 Å². The molecule has 1 atom stereocenters. The normalized spacial score (nSPS) is 17.0. The number of aliphatic carboxylic acids is 1. The van der Waals surface area contributed by atoms with Gasteiger partial charge in [-0.25, -0.2) is 8.78 Å². The van der Waals surface area contributed by atoms with Crippen LogP contribution < -0.4 is 5.32 Å². The highest BCUT2D eigenvalue weighted by Crippen LogP contribution is 2.23. The Hall–Kier alpha value is -2.02. The minimum absolute atomic E-state index is 0.0863. The van der Waals surface area contributed by atoms with Gasteiger partial charge in [0.05, 0.1) is 5.92 Å². The number of hydrogen-bond acceptors (Lipinski definition) is 3. The Kier molecular flexibility index (Phi) is 5.43. The molecule has 22 heavy (non-hydrogen) atoms. The summed E-state index contributed by atoms with van der Waals surface area (Å²) in [4.78, 5) is 23.2. The van der Waals surface area contributed by atoms with Crippen LogP contribution >= 0.6 is 0 Å². The van der Waals surface area contributed by atoms with Crippen molar-refractivity contribution < 1.29 is 28.2 Å². The Balaban J connectivity index is 1.99. The summed E-state index contributed by atoms with van der Waals surface area (Å²) in [5, 5.41) is 11.7. The number of hydrogen-bond donors (Lipinski definition) is 2. The van der Waals surface area contributed by atoms with Gasteiger partial charge in [-0.2, -0.15) is 0 Å². The van der Waals surface area contributed by atoms with Crippen molar-refractivity contribution in [2.45, 2.75) is 12.8 Å². The summed E-state index contributed by atoms with van der Waals surface area (Å²) in [7, 11) is 0. The topological polar surface area (TPSA) is 75.6 Å². The van der Waals surface area contributed by atoms with Crippen LogP contribution in [0.15, 0.2) is 18.2 Å². The molecule has 2 N–H and O–H groups in total. The highest BCUT2D eigenvalue weighted by Gasteiger charge is 2.30. The Morgan fingerprint density at radius 2 is 1.82 bits per heavy atom. The Bertz CT molecular complexity index is 538. The van der Waals surface area contributed by atoms with E-state index in [1.165, 1.54) is 0 Å². The summed E-state index contributed by atoms with van der Waals surface area (Å²) in [6, 6.07) is 2.48. The Morgan fingerprint density at radius 1 is 1.23 bits per heavy atom. The second kappa shape index (κ2) is 7.31. The van der Waals surface area contributed by atoms with Crippen molar-refractivity contribution in [3.63, 3.8) is 0 Å². The first-order chi connectivity index (χ1) is 10.5. The molecule has 0 aliphatic carbocycles. The summed E-state index contributed by atoms with van der Waals surface area (Å²) in [6.45, 7) is 0.909. The molecule has 0 radical (unpaired) electrons. The highest BCUT2D eigenvalue weighted by molar-refractivity contribution is 5.94. The molecule has 1 aliphatic heterocycles. The molecule has 0 spiro atoms. The van der Waals surface area contributed by atoms with E-state index in [1.807, 2.05) is 0 Å². The van der Waals surface area contributed by atoms with Gasteiger partial charge in [-0.15, -0.1) is 0 Å². The molecule has 7 heteroatoms. The van der Waals surface area contributed by atoms with Crippen LogP contribution in [-0.4, -0.2) is 36.7 Å². The number of nitrogens with one attached hydrogen (secondary N) is 1. The number of carbonyl (C=O) groups excluding carboxylic acids is 1. The number of carbonyl (C=O) groups is 2. The van der Waals surface area contributed by atoms with Crippen molar-refractivity contribution in [3.8, 4) is 0 Å². The first-order valence-electron chi connectivity index (χ1n) is 7.02. The zero-order valence-corrected chi connectivity index (χ0v) is 11.9. The Labute approximate surface area is 126 Å². The van der Waals surface area contributed by atoms with Gasteiger partial charge in [0.2, 0.25) is 0 Å². The van der Waals surface area contributed by atoms with Crippen molar-refractivity contribution in [1.82, 2.24) is 5.32 Å². The summed E-state index contributed by atoms with van der Waals surface area (Å²) in [5.41, 5.74) is -0.173.